The number of fused-ring (bicyclic) bond motifs is 2. The van der Waals surface area contributed by atoms with Crippen molar-refractivity contribution in [2.45, 2.75) is 50.4 Å². The van der Waals surface area contributed by atoms with E-state index in [-0.39, 0.29) is 17.0 Å². The number of carbonyl (C=O) groups excluding carboxylic acids is 1. The fraction of sp³-hybridized carbons (Fsp3) is 0.417. The Morgan fingerprint density at radius 3 is 2.57 bits per heavy atom. The summed E-state index contributed by atoms with van der Waals surface area (Å²) in [6, 6.07) is 6.41. The van der Waals surface area contributed by atoms with E-state index in [2.05, 4.69) is 20.4 Å². The molecule has 3 aromatic rings. The van der Waals surface area contributed by atoms with Crippen LogP contribution in [0, 0.1) is 0 Å². The van der Waals surface area contributed by atoms with Crippen LogP contribution in [0.1, 0.15) is 43.5 Å². The summed E-state index contributed by atoms with van der Waals surface area (Å²) in [7, 11) is 0. The highest BCUT2D eigenvalue weighted by Crippen LogP contribution is 2.44. The van der Waals surface area contributed by atoms with Gasteiger partial charge < -0.3 is 16.0 Å². The average Bonchev–Trinajstić information content (AvgIpc) is 3.51. The van der Waals surface area contributed by atoms with E-state index in [4.69, 9.17) is 5.73 Å². The van der Waals surface area contributed by atoms with Crippen molar-refractivity contribution in [1.82, 2.24) is 30.0 Å². The molecule has 3 N–H and O–H groups in total. The molecular weight excluding hydrogens is 459 g/mol. The third-order valence-corrected chi connectivity index (χ3v) is 7.11. The van der Waals surface area contributed by atoms with Gasteiger partial charge in [0.25, 0.3) is 0 Å². The number of carbonyl (C=O) groups is 1. The molecule has 1 saturated heterocycles. The highest BCUT2D eigenvalue weighted by Gasteiger charge is 2.47. The number of rotatable bonds is 3. The van der Waals surface area contributed by atoms with Crippen LogP contribution < -0.4 is 11.1 Å². The summed E-state index contributed by atoms with van der Waals surface area (Å²) in [5.41, 5.74) is 6.18. The first kappa shape index (κ1) is 23.1. The van der Waals surface area contributed by atoms with Crippen LogP contribution in [0.5, 0.6) is 0 Å². The van der Waals surface area contributed by atoms with Gasteiger partial charge in [0, 0.05) is 54.9 Å². The van der Waals surface area contributed by atoms with Gasteiger partial charge in [-0.2, -0.15) is 18.3 Å². The monoisotopic (exact) mass is 485 g/mol. The molecule has 0 radical (unpaired) electrons. The molecule has 5 heterocycles. The summed E-state index contributed by atoms with van der Waals surface area (Å²) in [5, 5.41) is 7.66. The number of urea groups is 1. The molecule has 1 fully saturated rings. The highest BCUT2D eigenvalue weighted by atomic mass is 19.4. The standard InChI is InChI=1S/C24H26F3N7O/c1-22(2,16-3-7-29-8-4-16)31-21(35)33-9-5-23(14-33)6-10-34-19(23)12-18(32-34)15-11-17(24(25,26)27)20(28)30-13-15/h3-4,7-8,11-13H,5-6,9-10,14H2,1-2H3,(H2,28,30)(H,31,35). The Hall–Kier alpha value is -3.63. The van der Waals surface area contributed by atoms with Crippen LogP contribution in [0.4, 0.5) is 23.8 Å². The number of pyridine rings is 2. The number of nitrogens with zero attached hydrogens (tertiary/aromatic N) is 5. The van der Waals surface area contributed by atoms with Crippen molar-refractivity contribution in [3.63, 3.8) is 0 Å². The van der Waals surface area contributed by atoms with Crippen LogP contribution in [-0.2, 0) is 23.7 Å². The van der Waals surface area contributed by atoms with Crippen LogP contribution in [-0.4, -0.2) is 43.8 Å². The maximum atomic E-state index is 13.3. The number of hydrogen-bond donors (Lipinski definition) is 2. The normalized spacial score (nSPS) is 19.9. The summed E-state index contributed by atoms with van der Waals surface area (Å²) < 4.78 is 41.7. The van der Waals surface area contributed by atoms with E-state index >= 15 is 0 Å². The maximum absolute atomic E-state index is 13.3. The minimum Gasteiger partial charge on any atom is -0.383 e. The second kappa shape index (κ2) is 7.96. The summed E-state index contributed by atoms with van der Waals surface area (Å²) in [4.78, 5) is 22.7. The molecule has 5 rings (SSSR count). The molecule has 35 heavy (non-hydrogen) atoms. The van der Waals surface area contributed by atoms with Gasteiger partial charge in [0.2, 0.25) is 0 Å². The lowest BCUT2D eigenvalue weighted by Crippen LogP contribution is -2.48. The second-order valence-corrected chi connectivity index (χ2v) is 9.79. The first-order valence-corrected chi connectivity index (χ1v) is 11.4. The molecule has 0 saturated carbocycles. The Morgan fingerprint density at radius 1 is 1.14 bits per heavy atom. The van der Waals surface area contributed by atoms with Crippen LogP contribution in [0.2, 0.25) is 0 Å². The lowest BCUT2D eigenvalue weighted by Gasteiger charge is -2.30. The van der Waals surface area contributed by atoms with Crippen molar-refractivity contribution < 1.29 is 18.0 Å². The van der Waals surface area contributed by atoms with Crippen molar-refractivity contribution in [1.29, 1.82) is 0 Å². The molecule has 2 aliphatic rings. The number of nitrogens with two attached hydrogens (primary N) is 1. The molecule has 184 valence electrons. The first-order valence-electron chi connectivity index (χ1n) is 11.4. The smallest absolute Gasteiger partial charge is 0.383 e. The number of nitrogen functional groups attached to an aromatic ring is 1. The fourth-order valence-electron chi connectivity index (χ4n) is 5.09. The minimum absolute atomic E-state index is 0.153. The van der Waals surface area contributed by atoms with Crippen LogP contribution in [0.15, 0.2) is 42.9 Å². The highest BCUT2D eigenvalue weighted by molar-refractivity contribution is 5.76. The predicted molar refractivity (Wildman–Crippen MR) is 123 cm³/mol. The zero-order valence-corrected chi connectivity index (χ0v) is 19.4. The molecule has 1 spiro atoms. The molecule has 0 aliphatic carbocycles. The topological polar surface area (TPSA) is 102 Å². The molecule has 3 aromatic heterocycles. The van der Waals surface area contributed by atoms with Gasteiger partial charge in [-0.1, -0.05) is 0 Å². The van der Waals surface area contributed by atoms with Crippen LogP contribution in [0.3, 0.4) is 0 Å². The van der Waals surface area contributed by atoms with Gasteiger partial charge >= 0.3 is 12.2 Å². The predicted octanol–water partition coefficient (Wildman–Crippen LogP) is 3.93. The zero-order valence-electron chi connectivity index (χ0n) is 19.4. The Kier molecular flexibility index (Phi) is 5.26. The summed E-state index contributed by atoms with van der Waals surface area (Å²) in [6.45, 7) is 5.63. The Morgan fingerprint density at radius 2 is 1.86 bits per heavy atom. The lowest BCUT2D eigenvalue weighted by molar-refractivity contribution is -0.137. The Labute approximate surface area is 200 Å². The maximum Gasteiger partial charge on any atom is 0.419 e. The summed E-state index contributed by atoms with van der Waals surface area (Å²) >= 11 is 0. The minimum atomic E-state index is -4.60. The van der Waals surface area contributed by atoms with Gasteiger partial charge in [-0.05, 0) is 56.5 Å². The molecule has 2 amide bonds. The van der Waals surface area contributed by atoms with E-state index < -0.39 is 23.1 Å². The van der Waals surface area contributed by atoms with Gasteiger partial charge in [0.15, 0.2) is 0 Å². The fourth-order valence-corrected chi connectivity index (χ4v) is 5.09. The number of halogens is 3. The number of hydrogen-bond acceptors (Lipinski definition) is 5. The molecule has 11 heteroatoms. The largest absolute Gasteiger partial charge is 0.419 e. The lowest BCUT2D eigenvalue weighted by atomic mass is 9.82. The average molecular weight is 486 g/mol. The number of alkyl halides is 3. The van der Waals surface area contributed by atoms with Gasteiger partial charge in [0.1, 0.15) is 5.82 Å². The third kappa shape index (κ3) is 4.08. The Balaban J connectivity index is 1.36. The van der Waals surface area contributed by atoms with Gasteiger partial charge in [0.05, 0.1) is 16.8 Å². The molecule has 8 nitrogen and oxygen atoms in total. The van der Waals surface area contributed by atoms with Gasteiger partial charge in [-0.3, -0.25) is 9.67 Å². The van der Waals surface area contributed by atoms with E-state index in [1.165, 1.54) is 6.20 Å². The van der Waals surface area contributed by atoms with Crippen molar-refractivity contribution in [3.8, 4) is 11.3 Å². The molecular formula is C24H26F3N7O. The number of nitrogens with one attached hydrogen (secondary N) is 1. The molecule has 0 aromatic carbocycles. The first-order chi connectivity index (χ1) is 16.5. The van der Waals surface area contributed by atoms with E-state index in [0.29, 0.717) is 25.3 Å². The SMILES string of the molecule is CC(C)(NC(=O)N1CCC2(CCn3nc(-c4cnc(N)c(C(F)(F)F)c4)cc32)C1)c1ccncc1. The van der Waals surface area contributed by atoms with Crippen molar-refractivity contribution >= 4 is 11.8 Å². The third-order valence-electron chi connectivity index (χ3n) is 7.11. The van der Waals surface area contributed by atoms with Crippen molar-refractivity contribution in [3.05, 3.63) is 59.7 Å². The van der Waals surface area contributed by atoms with Crippen molar-refractivity contribution in [2.24, 2.45) is 0 Å². The molecule has 2 aliphatic heterocycles. The molecule has 0 bridgehead atoms. The summed E-state index contributed by atoms with van der Waals surface area (Å²) in [6.07, 6.45) is 1.68. The molecule has 1 atom stereocenters. The van der Waals surface area contributed by atoms with E-state index in [0.717, 1.165) is 30.2 Å². The van der Waals surface area contributed by atoms with Crippen molar-refractivity contribution in [2.75, 3.05) is 18.8 Å². The number of aryl methyl sites for hydroxylation is 1. The van der Waals surface area contributed by atoms with Gasteiger partial charge in [-0.25, -0.2) is 9.78 Å². The second-order valence-electron chi connectivity index (χ2n) is 9.79. The van der Waals surface area contributed by atoms with Crippen LogP contribution >= 0.6 is 0 Å². The van der Waals surface area contributed by atoms with Gasteiger partial charge in [-0.15, -0.1) is 0 Å². The van der Waals surface area contributed by atoms with E-state index in [1.807, 2.05) is 36.7 Å². The number of aromatic nitrogens is 4. The van der Waals surface area contributed by atoms with E-state index in [9.17, 15) is 18.0 Å². The number of anilines is 1. The quantitative estimate of drug-likeness (QED) is 0.585. The number of likely N-dealkylation sites (tertiary alicyclic amines) is 1. The van der Waals surface area contributed by atoms with E-state index in [1.54, 1.807) is 17.3 Å². The summed E-state index contributed by atoms with van der Waals surface area (Å²) in [5.74, 6) is -0.559. The zero-order chi connectivity index (χ0) is 25.0. The molecule has 1 unspecified atom stereocenters. The number of amides is 2. The Bertz CT molecular complexity index is 1270. The van der Waals surface area contributed by atoms with Crippen LogP contribution in [0.25, 0.3) is 11.3 Å².